The molecule has 54 heavy (non-hydrogen) atoms. The van der Waals surface area contributed by atoms with Crippen LogP contribution in [0.3, 0.4) is 0 Å². The Labute approximate surface area is 318 Å². The number of halogens is 3. The number of hydrogen-bond donors (Lipinski definition) is 0. The zero-order chi connectivity index (χ0) is 37.2. The summed E-state index contributed by atoms with van der Waals surface area (Å²) >= 11 is 6.64. The molecule has 0 N–H and O–H groups in total. The van der Waals surface area contributed by atoms with Crippen LogP contribution < -0.4 is 9.64 Å². The Morgan fingerprint density at radius 1 is 1.09 bits per heavy atom. The van der Waals surface area contributed by atoms with Crippen LogP contribution in [0.4, 0.5) is 14.6 Å². The molecule has 4 aliphatic heterocycles. The predicted molar refractivity (Wildman–Crippen MR) is 204 cm³/mol. The van der Waals surface area contributed by atoms with Gasteiger partial charge in [0.15, 0.2) is 5.82 Å². The summed E-state index contributed by atoms with van der Waals surface area (Å²) in [5.74, 6) is -0.396. The van der Waals surface area contributed by atoms with Gasteiger partial charge in [-0.15, -0.1) is 0 Å². The van der Waals surface area contributed by atoms with Gasteiger partial charge < -0.3 is 24.1 Å². The van der Waals surface area contributed by atoms with Gasteiger partial charge in [-0.25, -0.2) is 15.4 Å². The molecule has 2 aromatic carbocycles. The van der Waals surface area contributed by atoms with Gasteiger partial charge in [0.05, 0.1) is 17.5 Å². The van der Waals surface area contributed by atoms with Crippen molar-refractivity contribution in [2.24, 2.45) is 0 Å². The molecule has 1 amide bonds. The summed E-state index contributed by atoms with van der Waals surface area (Å²) in [4.78, 5) is 39.4. The molecule has 14 heteroatoms. The number of anilines is 1. The van der Waals surface area contributed by atoms with Crippen molar-refractivity contribution in [2.45, 2.75) is 43.4 Å². The highest BCUT2D eigenvalue weighted by atomic mass is 35.5. The molecule has 8 rings (SSSR count). The van der Waals surface area contributed by atoms with E-state index in [4.69, 9.17) is 32.6 Å². The van der Waals surface area contributed by atoms with Crippen LogP contribution in [0.5, 0.6) is 6.01 Å². The molecule has 0 aliphatic carbocycles. The van der Waals surface area contributed by atoms with Crippen LogP contribution in [0, 0.1) is 12.4 Å². The molecule has 4 fully saturated rings. The van der Waals surface area contributed by atoms with Gasteiger partial charge in [-0.05, 0) is 37.3 Å². The van der Waals surface area contributed by atoms with E-state index in [9.17, 15) is 9.18 Å². The third kappa shape index (κ3) is 7.20. The second kappa shape index (κ2) is 15.7. The molecule has 0 bridgehead atoms. The molecular weight excluding hydrogens is 714 g/mol. The summed E-state index contributed by atoms with van der Waals surface area (Å²) < 4.78 is 43.4. The highest BCUT2D eigenvalue weighted by Gasteiger charge is 2.49. The van der Waals surface area contributed by atoms with Crippen molar-refractivity contribution in [1.82, 2.24) is 29.7 Å². The lowest BCUT2D eigenvalue weighted by atomic mass is 9.95. The average molecular weight is 757 g/mol. The number of carbonyl (C=O) groups excluding carboxylic acids is 1. The van der Waals surface area contributed by atoms with Gasteiger partial charge in [-0.1, -0.05) is 48.0 Å². The van der Waals surface area contributed by atoms with Crippen molar-refractivity contribution in [1.29, 1.82) is 0 Å². The minimum absolute atomic E-state index is 0.0184. The smallest absolute Gasteiger partial charge is 0.319 e. The molecule has 4 aliphatic rings. The average Bonchev–Trinajstić information content (AvgIpc) is 3.57. The molecule has 4 saturated heterocycles. The van der Waals surface area contributed by atoms with Crippen LogP contribution in [-0.4, -0.2) is 132 Å². The number of aromatic nitrogens is 3. The van der Waals surface area contributed by atoms with E-state index >= 15 is 4.39 Å². The van der Waals surface area contributed by atoms with E-state index in [-0.39, 0.29) is 36.3 Å². The van der Waals surface area contributed by atoms with E-state index < -0.39 is 23.6 Å². The van der Waals surface area contributed by atoms with Gasteiger partial charge in [-0.2, -0.15) is 9.97 Å². The number of carbonyl (C=O) groups is 1. The predicted octanol–water partition coefficient (Wildman–Crippen LogP) is 5.81. The van der Waals surface area contributed by atoms with E-state index in [1.165, 1.54) is 0 Å². The molecule has 0 saturated carbocycles. The zero-order valence-corrected chi connectivity index (χ0v) is 30.9. The zero-order valence-electron chi connectivity index (χ0n) is 30.1. The van der Waals surface area contributed by atoms with E-state index in [0.717, 1.165) is 50.9 Å². The lowest BCUT2D eigenvalue weighted by Gasteiger charge is -2.39. The number of alkyl halides is 1. The van der Waals surface area contributed by atoms with Crippen molar-refractivity contribution in [2.75, 3.05) is 83.6 Å². The molecule has 0 spiro atoms. The van der Waals surface area contributed by atoms with E-state index in [2.05, 4.69) is 24.6 Å². The first kappa shape index (κ1) is 36.5. The van der Waals surface area contributed by atoms with E-state index in [0.29, 0.717) is 72.9 Å². The van der Waals surface area contributed by atoms with Gasteiger partial charge in [0, 0.05) is 87.1 Å². The second-order valence-electron chi connectivity index (χ2n) is 14.7. The molecule has 6 heterocycles. The maximum absolute atomic E-state index is 16.9. The van der Waals surface area contributed by atoms with Crippen LogP contribution >= 0.6 is 11.6 Å². The minimum Gasteiger partial charge on any atom is -0.461 e. The maximum atomic E-state index is 16.9. The van der Waals surface area contributed by atoms with Crippen LogP contribution in [0.1, 0.15) is 25.7 Å². The number of piperazine rings is 1. The van der Waals surface area contributed by atoms with Crippen molar-refractivity contribution >= 4 is 45.0 Å². The number of fused-ring (bicyclic) bond motifs is 3. The molecule has 0 radical (unpaired) electrons. The SMILES string of the molecule is [C-]#[N+]C[C@H]1CN(c2nc(OC[C@@]34CCCN3C[C@H](F)C4)nc3c(F)c(-c4cccc5cccc(Cl)c45)ncc23)CCN1C(=O)/C=C/CN1CCCOCC1. The fourth-order valence-electron chi connectivity index (χ4n) is 8.63. The number of pyridine rings is 1. The third-order valence-electron chi connectivity index (χ3n) is 11.3. The number of nitrogens with zero attached hydrogens (tertiary/aromatic N) is 8. The Hall–Kier alpha value is -4.48. The summed E-state index contributed by atoms with van der Waals surface area (Å²) in [5, 5.41) is 2.38. The Morgan fingerprint density at radius 3 is 2.83 bits per heavy atom. The lowest BCUT2D eigenvalue weighted by Crippen LogP contribution is -2.56. The van der Waals surface area contributed by atoms with Crippen molar-refractivity contribution in [3.8, 4) is 17.3 Å². The van der Waals surface area contributed by atoms with Crippen LogP contribution in [0.25, 0.3) is 37.8 Å². The summed E-state index contributed by atoms with van der Waals surface area (Å²) in [7, 11) is 0. The highest BCUT2D eigenvalue weighted by Crippen LogP contribution is 2.41. The number of rotatable bonds is 9. The van der Waals surface area contributed by atoms with Crippen LogP contribution in [0.2, 0.25) is 5.02 Å². The standard InChI is InChI=1S/C40H43ClF2N8O3/c1-44-22-29-25-49(16-17-51(29)33(52)11-4-13-48-14-6-19-53-20-18-48)38-31-23-45-36(30-9-2-7-27-8-3-10-32(41)34(27)30)35(43)37(31)46-39(47-38)54-26-40-12-5-15-50(40)24-28(42)21-40/h2-4,7-11,23,28-29H,5-6,12-22,24-26H2/b11-4+/t28-,29+,40+/m1/s1. The lowest BCUT2D eigenvalue weighted by molar-refractivity contribution is -0.128. The maximum Gasteiger partial charge on any atom is 0.319 e. The van der Waals surface area contributed by atoms with Crippen molar-refractivity contribution in [3.63, 3.8) is 0 Å². The Balaban J connectivity index is 1.12. The van der Waals surface area contributed by atoms with Crippen molar-refractivity contribution < 1.29 is 23.0 Å². The first-order valence-corrected chi connectivity index (χ1v) is 19.1. The Bertz CT molecular complexity index is 2100. The van der Waals surface area contributed by atoms with E-state index in [1.54, 1.807) is 29.3 Å². The first-order valence-electron chi connectivity index (χ1n) is 18.7. The largest absolute Gasteiger partial charge is 0.461 e. The Morgan fingerprint density at radius 2 is 1.96 bits per heavy atom. The van der Waals surface area contributed by atoms with Gasteiger partial charge in [0.25, 0.3) is 0 Å². The van der Waals surface area contributed by atoms with Gasteiger partial charge in [0.2, 0.25) is 12.5 Å². The van der Waals surface area contributed by atoms with Crippen LogP contribution in [0.15, 0.2) is 54.7 Å². The van der Waals surface area contributed by atoms with Crippen LogP contribution in [-0.2, 0) is 9.53 Å². The third-order valence-corrected chi connectivity index (χ3v) is 11.6. The normalized spacial score (nSPS) is 24.0. The highest BCUT2D eigenvalue weighted by molar-refractivity contribution is 6.36. The van der Waals surface area contributed by atoms with Gasteiger partial charge >= 0.3 is 6.01 Å². The fourth-order valence-corrected chi connectivity index (χ4v) is 8.92. The second-order valence-corrected chi connectivity index (χ2v) is 15.1. The molecule has 2 aromatic heterocycles. The molecule has 11 nitrogen and oxygen atoms in total. The van der Waals surface area contributed by atoms with Crippen molar-refractivity contribution in [3.05, 3.63) is 77.0 Å². The molecule has 3 atom stereocenters. The number of benzene rings is 2. The fraction of sp³-hybridized carbons (Fsp3) is 0.475. The van der Waals surface area contributed by atoms with Gasteiger partial charge in [-0.3, -0.25) is 19.6 Å². The summed E-state index contributed by atoms with van der Waals surface area (Å²) in [5.41, 5.74) is 0.193. The summed E-state index contributed by atoms with van der Waals surface area (Å²) in [6.45, 7) is 14.0. The number of amides is 1. The monoisotopic (exact) mass is 756 g/mol. The summed E-state index contributed by atoms with van der Waals surface area (Å²) in [6, 6.07) is 10.6. The van der Waals surface area contributed by atoms with Gasteiger partial charge in [0.1, 0.15) is 35.8 Å². The summed E-state index contributed by atoms with van der Waals surface area (Å²) in [6.07, 6.45) is 7.19. The number of ether oxygens (including phenoxy) is 2. The van der Waals surface area contributed by atoms with E-state index in [1.807, 2.05) is 35.2 Å². The minimum atomic E-state index is -0.933. The first-order chi connectivity index (χ1) is 26.3. The molecular formula is C40H43ClF2N8O3. The topological polar surface area (TPSA) is 91.5 Å². The molecule has 0 unspecified atom stereocenters. The molecule has 4 aromatic rings. The molecule has 282 valence electrons. The number of hydrogen-bond acceptors (Lipinski definition) is 9. The quantitative estimate of drug-likeness (QED) is 0.155. The Kier molecular flexibility index (Phi) is 10.6.